The smallest absolute Gasteiger partial charge is 0.294 e. The van der Waals surface area contributed by atoms with Gasteiger partial charge < -0.3 is 0 Å². The first kappa shape index (κ1) is 22.1. The molecule has 32 heavy (non-hydrogen) atoms. The number of carbonyl (C=O) groups is 2. The van der Waals surface area contributed by atoms with Crippen molar-refractivity contribution in [3.63, 3.8) is 0 Å². The first-order valence-corrected chi connectivity index (χ1v) is 11.0. The van der Waals surface area contributed by atoms with Gasteiger partial charge in [0.25, 0.3) is 5.92 Å². The van der Waals surface area contributed by atoms with Crippen LogP contribution in [0.4, 0.5) is 8.78 Å². The molecule has 7 heteroatoms. The highest BCUT2D eigenvalue weighted by Crippen LogP contribution is 2.35. The van der Waals surface area contributed by atoms with Gasteiger partial charge in [0.15, 0.2) is 5.78 Å². The maximum absolute atomic E-state index is 13.6. The Hall–Kier alpha value is -3.14. The Morgan fingerprint density at radius 1 is 1.22 bits per heavy atom. The molecule has 1 amide bonds. The number of fused-ring (bicyclic) bond motifs is 1. The van der Waals surface area contributed by atoms with Crippen molar-refractivity contribution in [2.45, 2.75) is 63.0 Å². The normalized spacial score (nSPS) is 21.6. The largest absolute Gasteiger partial charge is 0.306 e. The highest BCUT2D eigenvalue weighted by atomic mass is 19.3. The second-order valence-corrected chi connectivity index (χ2v) is 8.64. The summed E-state index contributed by atoms with van der Waals surface area (Å²) in [6, 6.07) is 10.1. The van der Waals surface area contributed by atoms with Gasteiger partial charge >= 0.3 is 6.17 Å². The van der Waals surface area contributed by atoms with Crippen LogP contribution >= 0.6 is 0 Å². The van der Waals surface area contributed by atoms with Crippen molar-refractivity contribution in [2.24, 2.45) is 0 Å². The third-order valence-corrected chi connectivity index (χ3v) is 6.44. The zero-order valence-corrected chi connectivity index (χ0v) is 17.8. The lowest BCUT2D eigenvalue weighted by atomic mass is 9.79. The minimum Gasteiger partial charge on any atom is -0.294 e. The molecular weight excluding hydrogens is 412 g/mol. The number of rotatable bonds is 6. The molecule has 0 N–H and O–H groups in total. The number of nitrogens with zero attached hydrogens (tertiary/aromatic N) is 3. The molecule has 166 valence electrons. The lowest BCUT2D eigenvalue weighted by Crippen LogP contribution is -2.35. The summed E-state index contributed by atoms with van der Waals surface area (Å²) in [6.45, 7) is 6.32. The second kappa shape index (κ2) is 9.15. The number of likely N-dealkylation sites (tertiary alicyclic amines) is 1. The van der Waals surface area contributed by atoms with Crippen LogP contribution in [0.5, 0.6) is 0 Å². The maximum atomic E-state index is 13.6. The van der Waals surface area contributed by atoms with Crippen molar-refractivity contribution in [2.75, 3.05) is 6.54 Å². The number of alkyl halides is 2. The SMILES string of the molecule is [C-]#[N+][C@@H]1CC(F)(F)CN1C(=O)CCC(=O)c1ccncc1CC1CCCc2ccccc21. The van der Waals surface area contributed by atoms with Gasteiger partial charge in [-0.3, -0.25) is 24.3 Å². The molecule has 4 rings (SSSR count). The number of halogens is 2. The molecule has 1 saturated heterocycles. The van der Waals surface area contributed by atoms with Crippen LogP contribution in [0.2, 0.25) is 0 Å². The van der Waals surface area contributed by atoms with Crippen molar-refractivity contribution < 1.29 is 18.4 Å². The number of hydrogen-bond acceptors (Lipinski definition) is 3. The minimum absolute atomic E-state index is 0.0795. The zero-order chi connectivity index (χ0) is 22.7. The predicted octanol–water partition coefficient (Wildman–Crippen LogP) is 4.82. The van der Waals surface area contributed by atoms with Crippen molar-refractivity contribution >= 4 is 11.7 Å². The summed E-state index contributed by atoms with van der Waals surface area (Å²) < 4.78 is 27.3. The van der Waals surface area contributed by atoms with E-state index in [9.17, 15) is 18.4 Å². The molecule has 1 aliphatic carbocycles. The Morgan fingerprint density at radius 2 is 2.03 bits per heavy atom. The number of amides is 1. The molecule has 0 saturated carbocycles. The van der Waals surface area contributed by atoms with Crippen LogP contribution < -0.4 is 0 Å². The summed E-state index contributed by atoms with van der Waals surface area (Å²) >= 11 is 0. The van der Waals surface area contributed by atoms with Crippen LogP contribution in [0, 0.1) is 6.57 Å². The van der Waals surface area contributed by atoms with E-state index in [1.54, 1.807) is 18.5 Å². The maximum Gasteiger partial charge on any atom is 0.306 e. The number of ketones is 1. The molecule has 0 spiro atoms. The van der Waals surface area contributed by atoms with Gasteiger partial charge in [0, 0.05) is 30.8 Å². The van der Waals surface area contributed by atoms with Crippen molar-refractivity contribution in [3.8, 4) is 0 Å². The summed E-state index contributed by atoms with van der Waals surface area (Å²) in [6.07, 6.45) is 5.10. The van der Waals surface area contributed by atoms with E-state index in [-0.39, 0.29) is 18.6 Å². The Balaban J connectivity index is 1.44. The van der Waals surface area contributed by atoms with Gasteiger partial charge in [-0.05, 0) is 54.4 Å². The monoisotopic (exact) mass is 437 g/mol. The minimum atomic E-state index is -3.05. The fourth-order valence-corrected chi connectivity index (χ4v) is 4.86. The van der Waals surface area contributed by atoms with Gasteiger partial charge in [0.05, 0.1) is 6.54 Å². The van der Waals surface area contributed by atoms with E-state index in [1.807, 2.05) is 12.1 Å². The number of pyridine rings is 1. The van der Waals surface area contributed by atoms with E-state index in [1.165, 1.54) is 11.1 Å². The van der Waals surface area contributed by atoms with Gasteiger partial charge in [-0.2, -0.15) is 0 Å². The lowest BCUT2D eigenvalue weighted by molar-refractivity contribution is -0.132. The van der Waals surface area contributed by atoms with Crippen LogP contribution in [-0.4, -0.2) is 40.2 Å². The molecule has 2 aromatic rings. The second-order valence-electron chi connectivity index (χ2n) is 8.64. The fourth-order valence-electron chi connectivity index (χ4n) is 4.86. The highest BCUT2D eigenvalue weighted by Gasteiger charge is 2.50. The number of hydrogen-bond donors (Lipinski definition) is 0. The third kappa shape index (κ3) is 4.69. The van der Waals surface area contributed by atoms with E-state index >= 15 is 0 Å². The Bertz CT molecular complexity index is 1060. The Kier molecular flexibility index (Phi) is 6.31. The van der Waals surface area contributed by atoms with Gasteiger partial charge in [-0.15, -0.1) is 0 Å². The zero-order valence-electron chi connectivity index (χ0n) is 17.8. The van der Waals surface area contributed by atoms with Crippen LogP contribution in [0.3, 0.4) is 0 Å². The first-order chi connectivity index (χ1) is 15.4. The van der Waals surface area contributed by atoms with E-state index in [0.29, 0.717) is 17.9 Å². The number of carbonyl (C=O) groups excluding carboxylic acids is 2. The summed E-state index contributed by atoms with van der Waals surface area (Å²) in [5.74, 6) is -3.52. The topological polar surface area (TPSA) is 54.6 Å². The molecule has 2 heterocycles. The summed E-state index contributed by atoms with van der Waals surface area (Å²) in [5.41, 5.74) is 4.04. The molecule has 2 atom stereocenters. The molecule has 0 bridgehead atoms. The summed E-state index contributed by atoms with van der Waals surface area (Å²) in [4.78, 5) is 33.7. The fraction of sp³-hybridized carbons (Fsp3) is 0.440. The van der Waals surface area contributed by atoms with Crippen LogP contribution in [0.1, 0.15) is 65.1 Å². The van der Waals surface area contributed by atoms with Gasteiger partial charge in [0.1, 0.15) is 6.42 Å². The van der Waals surface area contributed by atoms with Crippen molar-refractivity contribution in [1.82, 2.24) is 9.88 Å². The first-order valence-electron chi connectivity index (χ1n) is 11.0. The molecule has 1 aromatic carbocycles. The molecule has 1 aromatic heterocycles. The van der Waals surface area contributed by atoms with E-state index in [0.717, 1.165) is 29.7 Å². The number of aromatic nitrogens is 1. The van der Waals surface area contributed by atoms with Crippen LogP contribution in [0.25, 0.3) is 4.85 Å². The van der Waals surface area contributed by atoms with Gasteiger partial charge in [-0.1, -0.05) is 24.3 Å². The summed E-state index contributed by atoms with van der Waals surface area (Å²) in [5, 5.41) is 0. The highest BCUT2D eigenvalue weighted by molar-refractivity contribution is 5.99. The third-order valence-electron chi connectivity index (χ3n) is 6.44. The van der Waals surface area contributed by atoms with Crippen LogP contribution in [0.15, 0.2) is 42.7 Å². The van der Waals surface area contributed by atoms with Gasteiger partial charge in [-0.25, -0.2) is 15.4 Å². The molecule has 5 nitrogen and oxygen atoms in total. The van der Waals surface area contributed by atoms with E-state index < -0.39 is 31.0 Å². The molecule has 1 fully saturated rings. The number of Topliss-reactive ketones (excluding diaryl/α,β-unsaturated/α-hetero) is 1. The number of benzene rings is 1. The molecule has 0 radical (unpaired) electrons. The quantitative estimate of drug-likeness (QED) is 0.481. The average molecular weight is 437 g/mol. The van der Waals surface area contributed by atoms with Crippen molar-refractivity contribution in [3.05, 3.63) is 76.4 Å². The Morgan fingerprint density at radius 3 is 2.84 bits per heavy atom. The Labute approximate surface area is 186 Å². The predicted molar refractivity (Wildman–Crippen MR) is 115 cm³/mol. The van der Waals surface area contributed by atoms with E-state index in [2.05, 4.69) is 22.0 Å². The number of aryl methyl sites for hydroxylation is 1. The van der Waals surface area contributed by atoms with Crippen LogP contribution in [-0.2, 0) is 17.6 Å². The average Bonchev–Trinajstić information content (AvgIpc) is 3.12. The lowest BCUT2D eigenvalue weighted by Gasteiger charge is -2.26. The van der Waals surface area contributed by atoms with E-state index in [4.69, 9.17) is 6.57 Å². The molecular formula is C25H25F2N3O2. The standard InChI is InChI=1S/C25H25F2N3O2/c1-28-23-14-25(26,27)16-30(23)24(32)10-9-22(31)21-11-12-29-15-19(21)13-18-7-4-6-17-5-2-3-8-20(17)18/h2-3,5,8,11-12,15,18,23H,4,6-7,9-10,13-14,16H2/t18?,23-/m0/s1. The van der Waals surface area contributed by atoms with Crippen molar-refractivity contribution in [1.29, 1.82) is 0 Å². The molecule has 2 aliphatic rings. The summed E-state index contributed by atoms with van der Waals surface area (Å²) in [7, 11) is 0. The molecule has 1 aliphatic heterocycles. The molecule has 1 unspecified atom stereocenters. The van der Waals surface area contributed by atoms with Gasteiger partial charge in [0.2, 0.25) is 5.91 Å².